The fourth-order valence-corrected chi connectivity index (χ4v) is 4.50. The Morgan fingerprint density at radius 2 is 1.96 bits per heavy atom. The maximum Gasteiger partial charge on any atom is 0.350 e. The molecule has 0 aromatic carbocycles. The van der Waals surface area contributed by atoms with E-state index in [9.17, 15) is 9.59 Å². The number of ether oxygens (including phenoxy) is 3. The van der Waals surface area contributed by atoms with Crippen LogP contribution in [0.3, 0.4) is 0 Å². The molecule has 2 fully saturated rings. The van der Waals surface area contributed by atoms with Crippen LogP contribution in [-0.2, 0) is 19.0 Å². The molecule has 2 aliphatic rings. The molecule has 3 rings (SSSR count). The second-order valence-electron chi connectivity index (χ2n) is 8.17. The lowest BCUT2D eigenvalue weighted by molar-refractivity contribution is -0.178. The third-order valence-corrected chi connectivity index (χ3v) is 5.98. The van der Waals surface area contributed by atoms with Gasteiger partial charge in [0.15, 0.2) is 5.79 Å². The lowest BCUT2D eigenvalue weighted by Crippen LogP contribution is -2.44. The van der Waals surface area contributed by atoms with Crippen LogP contribution < -0.4 is 4.90 Å². The first-order chi connectivity index (χ1) is 13.3. The lowest BCUT2D eigenvalue weighted by Gasteiger charge is -2.38. The summed E-state index contributed by atoms with van der Waals surface area (Å²) in [6, 6.07) is 1.80. The second-order valence-corrected chi connectivity index (χ2v) is 9.22. The van der Waals surface area contributed by atoms with Crippen LogP contribution in [0.1, 0.15) is 61.0 Å². The molecule has 1 saturated carbocycles. The van der Waals surface area contributed by atoms with Gasteiger partial charge in [-0.05, 0) is 39.7 Å². The number of carbonyl (C=O) groups excluding carboxylic acids is 2. The number of methoxy groups -OCH3 is 1. The summed E-state index contributed by atoms with van der Waals surface area (Å²) >= 11 is 1.26. The highest BCUT2D eigenvalue weighted by molar-refractivity contribution is 7.15. The van der Waals surface area contributed by atoms with Gasteiger partial charge in [-0.1, -0.05) is 11.8 Å². The fourth-order valence-electron chi connectivity index (χ4n) is 3.57. The van der Waals surface area contributed by atoms with E-state index in [4.69, 9.17) is 14.2 Å². The van der Waals surface area contributed by atoms with Crippen LogP contribution >= 0.6 is 11.3 Å². The van der Waals surface area contributed by atoms with Crippen molar-refractivity contribution in [1.29, 1.82) is 0 Å². The van der Waals surface area contributed by atoms with Crippen molar-refractivity contribution in [2.24, 2.45) is 5.41 Å². The fraction of sp³-hybridized carbons (Fsp3) is 0.619. The van der Waals surface area contributed by atoms with E-state index in [2.05, 4.69) is 11.8 Å². The molecular weight excluding hydrogens is 378 g/mol. The maximum atomic E-state index is 12.3. The van der Waals surface area contributed by atoms with Crippen molar-refractivity contribution in [3.8, 4) is 11.8 Å². The van der Waals surface area contributed by atoms with Crippen molar-refractivity contribution in [1.82, 2.24) is 0 Å². The van der Waals surface area contributed by atoms with Gasteiger partial charge in [-0.25, -0.2) is 4.79 Å². The van der Waals surface area contributed by atoms with Crippen LogP contribution in [0.5, 0.6) is 0 Å². The third kappa shape index (κ3) is 4.57. The Hall–Kier alpha value is -1.88. The summed E-state index contributed by atoms with van der Waals surface area (Å²) < 4.78 is 16.5. The molecule has 1 spiro atoms. The summed E-state index contributed by atoms with van der Waals surface area (Å²) in [4.78, 5) is 27.1. The molecule has 1 aliphatic carbocycles. The average molecular weight is 406 g/mol. The Balaban J connectivity index is 1.86. The summed E-state index contributed by atoms with van der Waals surface area (Å²) in [6.45, 7) is 7.32. The molecule has 0 radical (unpaired) electrons. The molecular formula is C21H27NO5S. The molecule has 7 heteroatoms. The predicted molar refractivity (Wildman–Crippen MR) is 107 cm³/mol. The highest BCUT2D eigenvalue weighted by Gasteiger charge is 2.42. The number of hydrogen-bond acceptors (Lipinski definition) is 6. The van der Waals surface area contributed by atoms with Gasteiger partial charge in [0.05, 0.1) is 30.9 Å². The van der Waals surface area contributed by atoms with Crippen molar-refractivity contribution in [3.05, 3.63) is 15.8 Å². The summed E-state index contributed by atoms with van der Waals surface area (Å²) in [6.07, 6.45) is 3.76. The largest absolute Gasteiger partial charge is 0.465 e. The van der Waals surface area contributed by atoms with E-state index in [0.29, 0.717) is 23.8 Å². The summed E-state index contributed by atoms with van der Waals surface area (Å²) in [7, 11) is 1.34. The molecule has 0 atom stereocenters. The number of nitrogens with zero attached hydrogens (tertiary/aromatic N) is 1. The smallest absolute Gasteiger partial charge is 0.350 e. The number of rotatable bonds is 4. The Labute approximate surface area is 170 Å². The van der Waals surface area contributed by atoms with Crippen LogP contribution in [0.2, 0.25) is 0 Å². The number of hydrogen-bond donors (Lipinski definition) is 0. The number of esters is 1. The molecule has 1 amide bonds. The second kappa shape index (κ2) is 8.24. The molecule has 6 nitrogen and oxygen atoms in total. The highest BCUT2D eigenvalue weighted by atomic mass is 32.1. The van der Waals surface area contributed by atoms with E-state index >= 15 is 0 Å². The molecule has 152 valence electrons. The summed E-state index contributed by atoms with van der Waals surface area (Å²) in [5.41, 5.74) is 0.415. The molecule has 0 unspecified atom stereocenters. The van der Waals surface area contributed by atoms with E-state index in [1.54, 1.807) is 4.90 Å². The Morgan fingerprint density at radius 3 is 2.50 bits per heavy atom. The van der Waals surface area contributed by atoms with Crippen molar-refractivity contribution in [2.75, 3.05) is 25.2 Å². The average Bonchev–Trinajstić information content (AvgIpc) is 3.29. The van der Waals surface area contributed by atoms with E-state index < -0.39 is 11.8 Å². The first-order valence-corrected chi connectivity index (χ1v) is 10.4. The molecule has 2 heterocycles. The maximum absolute atomic E-state index is 12.3. The van der Waals surface area contributed by atoms with Crippen LogP contribution in [0.25, 0.3) is 0 Å². The molecule has 1 saturated heterocycles. The molecule has 1 aliphatic heterocycles. The number of thiophene rings is 1. The Bertz CT molecular complexity index is 782. The van der Waals surface area contributed by atoms with E-state index in [1.165, 1.54) is 18.4 Å². The van der Waals surface area contributed by atoms with Gasteiger partial charge in [-0.15, -0.1) is 11.3 Å². The minimum atomic E-state index is -0.492. The van der Waals surface area contributed by atoms with Gasteiger partial charge in [-0.3, -0.25) is 4.79 Å². The van der Waals surface area contributed by atoms with Crippen molar-refractivity contribution < 1.29 is 23.8 Å². The topological polar surface area (TPSA) is 65.1 Å². The molecule has 1 aromatic rings. The zero-order valence-corrected chi connectivity index (χ0v) is 17.7. The van der Waals surface area contributed by atoms with Gasteiger partial charge in [0.1, 0.15) is 4.88 Å². The molecule has 0 bridgehead atoms. The Morgan fingerprint density at radius 1 is 1.32 bits per heavy atom. The van der Waals surface area contributed by atoms with Crippen LogP contribution in [-0.4, -0.2) is 44.5 Å². The van der Waals surface area contributed by atoms with Crippen molar-refractivity contribution in [2.45, 2.75) is 58.3 Å². The SMILES string of the molecule is COC(=O)c1sc(C#CC(C)(C)C)cc1N(C=O)C1CCC2(CC1)OCCO2. The van der Waals surface area contributed by atoms with Gasteiger partial charge in [-0.2, -0.15) is 0 Å². The van der Waals surface area contributed by atoms with E-state index in [0.717, 1.165) is 37.0 Å². The molecule has 28 heavy (non-hydrogen) atoms. The highest BCUT2D eigenvalue weighted by Crippen LogP contribution is 2.40. The normalized spacial score (nSPS) is 19.1. The summed E-state index contributed by atoms with van der Waals surface area (Å²) in [5, 5.41) is 0. The van der Waals surface area contributed by atoms with Gasteiger partial charge in [0.25, 0.3) is 0 Å². The van der Waals surface area contributed by atoms with Gasteiger partial charge in [0.2, 0.25) is 6.41 Å². The lowest BCUT2D eigenvalue weighted by atomic mass is 9.89. The van der Waals surface area contributed by atoms with Gasteiger partial charge in [0, 0.05) is 24.3 Å². The number of carbonyl (C=O) groups is 2. The number of amides is 1. The quantitative estimate of drug-likeness (QED) is 0.435. The first kappa shape index (κ1) is 20.8. The van der Waals surface area contributed by atoms with Crippen molar-refractivity contribution >= 4 is 29.4 Å². The minimum absolute atomic E-state index is 0.0163. The number of anilines is 1. The van der Waals surface area contributed by atoms with Gasteiger partial charge >= 0.3 is 5.97 Å². The van der Waals surface area contributed by atoms with Crippen LogP contribution in [0.15, 0.2) is 6.07 Å². The van der Waals surface area contributed by atoms with Crippen LogP contribution in [0.4, 0.5) is 5.69 Å². The van der Waals surface area contributed by atoms with Crippen LogP contribution in [0, 0.1) is 17.3 Å². The zero-order valence-electron chi connectivity index (χ0n) is 16.9. The standard InChI is InChI=1S/C21H27NO5S/c1-20(2,3)8-7-16-13-17(18(28-16)19(24)25-4)22(14-23)15-5-9-21(10-6-15)26-11-12-27-21/h13-15H,5-6,9-12H2,1-4H3. The Kier molecular flexibility index (Phi) is 6.13. The summed E-state index contributed by atoms with van der Waals surface area (Å²) in [5.74, 6) is 5.35. The minimum Gasteiger partial charge on any atom is -0.465 e. The van der Waals surface area contributed by atoms with E-state index in [-0.39, 0.29) is 11.5 Å². The molecule has 0 N–H and O–H groups in total. The third-order valence-electron chi connectivity index (χ3n) is 4.96. The monoisotopic (exact) mass is 405 g/mol. The predicted octanol–water partition coefficient (Wildman–Crippen LogP) is 3.58. The van der Waals surface area contributed by atoms with E-state index in [1.807, 2.05) is 26.8 Å². The molecule has 1 aromatic heterocycles. The van der Waals surface area contributed by atoms with Crippen molar-refractivity contribution in [3.63, 3.8) is 0 Å². The van der Waals surface area contributed by atoms with Gasteiger partial charge < -0.3 is 19.1 Å². The first-order valence-electron chi connectivity index (χ1n) is 9.54. The zero-order chi connectivity index (χ0) is 20.4.